The Morgan fingerprint density at radius 2 is 1.44 bits per heavy atom. The van der Waals surface area contributed by atoms with E-state index in [-0.39, 0.29) is 0 Å². The molecule has 0 radical (unpaired) electrons. The predicted molar refractivity (Wildman–Crippen MR) is 40.0 cm³/mol. The molecular formula is C7H10N2. The molecule has 0 N–H and O–H groups in total. The van der Waals surface area contributed by atoms with Crippen LogP contribution in [0.15, 0.2) is 21.4 Å². The van der Waals surface area contributed by atoms with Crippen LogP contribution in [-0.4, -0.2) is 13.4 Å². The summed E-state index contributed by atoms with van der Waals surface area (Å²) in [5.74, 6) is 0. The Kier molecular flexibility index (Phi) is 1.78. The number of nitrogens with zero attached hydrogens (tertiary/aromatic N) is 2. The fraction of sp³-hybridized carbons (Fsp3) is 0.429. The average molecular weight is 122 g/mol. The van der Waals surface area contributed by atoms with Gasteiger partial charge in [-0.05, 0) is 32.7 Å². The number of hydrogen-bond acceptors (Lipinski definition) is 2. The Balaban J connectivity index is 2.81. The maximum absolute atomic E-state index is 3.84. The zero-order valence-electron chi connectivity index (χ0n) is 5.43. The molecule has 0 aromatic carbocycles. The molecule has 0 bridgehead atoms. The van der Waals surface area contributed by atoms with Gasteiger partial charge in [-0.25, -0.2) is 0 Å². The molecule has 1 rings (SSSR count). The van der Waals surface area contributed by atoms with Crippen molar-refractivity contribution in [2.24, 2.45) is 9.98 Å². The fourth-order valence-corrected chi connectivity index (χ4v) is 1.05. The van der Waals surface area contributed by atoms with Gasteiger partial charge in [0.2, 0.25) is 0 Å². The van der Waals surface area contributed by atoms with E-state index in [1.165, 1.54) is 0 Å². The molecule has 0 aromatic heterocycles. The Morgan fingerprint density at radius 1 is 1.00 bits per heavy atom. The first-order valence-corrected chi connectivity index (χ1v) is 3.04. The number of aliphatic imine (C=N–C) groups is 2. The van der Waals surface area contributed by atoms with Gasteiger partial charge < -0.3 is 0 Å². The first-order valence-electron chi connectivity index (χ1n) is 3.04. The van der Waals surface area contributed by atoms with Crippen LogP contribution in [-0.2, 0) is 0 Å². The van der Waals surface area contributed by atoms with E-state index >= 15 is 0 Å². The minimum atomic E-state index is 1.03. The van der Waals surface area contributed by atoms with Crippen molar-refractivity contribution in [1.82, 2.24) is 0 Å². The quantitative estimate of drug-likeness (QED) is 0.499. The molecule has 0 spiro atoms. The molecule has 0 fully saturated rings. The highest BCUT2D eigenvalue weighted by Gasteiger charge is 2.10. The molecule has 0 unspecified atom stereocenters. The van der Waals surface area contributed by atoms with Gasteiger partial charge in [-0.15, -0.1) is 0 Å². The van der Waals surface area contributed by atoms with Gasteiger partial charge in [0, 0.05) is 0 Å². The number of hydrogen-bond donors (Lipinski definition) is 0. The lowest BCUT2D eigenvalue weighted by Gasteiger charge is -1.90. The highest BCUT2D eigenvalue weighted by molar-refractivity contribution is 5.36. The second-order valence-electron chi connectivity index (χ2n) is 2.06. The molecule has 2 nitrogen and oxygen atoms in total. The first kappa shape index (κ1) is 6.20. The Bertz CT molecular complexity index is 150. The van der Waals surface area contributed by atoms with Crippen LogP contribution < -0.4 is 0 Å². The fourth-order valence-electron chi connectivity index (χ4n) is 1.05. The van der Waals surface area contributed by atoms with Crippen molar-refractivity contribution >= 4 is 13.4 Å². The molecule has 0 saturated carbocycles. The predicted octanol–water partition coefficient (Wildman–Crippen LogP) is 1.78. The maximum Gasteiger partial charge on any atom is 0.0610 e. The number of allylic oxidation sites excluding steroid dienone is 2. The molecule has 0 aromatic rings. The Morgan fingerprint density at radius 3 is 1.78 bits per heavy atom. The van der Waals surface area contributed by atoms with Gasteiger partial charge in [0.1, 0.15) is 0 Å². The third kappa shape index (κ3) is 1.07. The van der Waals surface area contributed by atoms with Crippen LogP contribution in [0.1, 0.15) is 19.3 Å². The summed E-state index contributed by atoms with van der Waals surface area (Å²) in [5.41, 5.74) is 2.06. The van der Waals surface area contributed by atoms with Crippen molar-refractivity contribution in [3.8, 4) is 0 Å². The zero-order valence-corrected chi connectivity index (χ0v) is 5.43. The summed E-state index contributed by atoms with van der Waals surface area (Å²) in [4.78, 5) is 7.67. The minimum absolute atomic E-state index is 1.03. The summed E-state index contributed by atoms with van der Waals surface area (Å²) in [5, 5.41) is 0. The van der Waals surface area contributed by atoms with Gasteiger partial charge in [-0.1, -0.05) is 0 Å². The SMILES string of the molecule is C=NC1=C(N=C)CCC1. The normalized spacial score (nSPS) is 18.2. The van der Waals surface area contributed by atoms with Crippen molar-refractivity contribution < 1.29 is 0 Å². The number of rotatable bonds is 2. The van der Waals surface area contributed by atoms with Crippen molar-refractivity contribution in [3.05, 3.63) is 11.4 Å². The molecule has 1 aliphatic carbocycles. The maximum atomic E-state index is 3.84. The molecule has 1 aliphatic rings. The van der Waals surface area contributed by atoms with Gasteiger partial charge >= 0.3 is 0 Å². The molecule has 0 heterocycles. The summed E-state index contributed by atoms with van der Waals surface area (Å²) in [6, 6.07) is 0. The first-order chi connectivity index (χ1) is 4.38. The third-order valence-corrected chi connectivity index (χ3v) is 1.54. The van der Waals surface area contributed by atoms with Crippen molar-refractivity contribution in [2.45, 2.75) is 19.3 Å². The monoisotopic (exact) mass is 122 g/mol. The van der Waals surface area contributed by atoms with Crippen LogP contribution in [0.25, 0.3) is 0 Å². The Hall–Kier alpha value is -0.920. The molecule has 0 saturated heterocycles. The largest absolute Gasteiger partial charge is 0.267 e. The molecular weight excluding hydrogens is 112 g/mol. The highest BCUT2D eigenvalue weighted by Crippen LogP contribution is 2.26. The smallest absolute Gasteiger partial charge is 0.0610 e. The van der Waals surface area contributed by atoms with Crippen molar-refractivity contribution in [3.63, 3.8) is 0 Å². The van der Waals surface area contributed by atoms with E-state index in [0.29, 0.717) is 0 Å². The molecule has 0 aliphatic heterocycles. The topological polar surface area (TPSA) is 24.7 Å². The van der Waals surface area contributed by atoms with E-state index in [1.807, 2.05) is 0 Å². The summed E-state index contributed by atoms with van der Waals surface area (Å²) < 4.78 is 0. The van der Waals surface area contributed by atoms with Crippen LogP contribution in [0.2, 0.25) is 0 Å². The van der Waals surface area contributed by atoms with E-state index in [1.54, 1.807) is 0 Å². The summed E-state index contributed by atoms with van der Waals surface area (Å²) in [6.45, 7) is 6.89. The molecule has 0 atom stereocenters. The van der Waals surface area contributed by atoms with Gasteiger partial charge in [0.25, 0.3) is 0 Å². The van der Waals surface area contributed by atoms with E-state index in [2.05, 4.69) is 23.4 Å². The summed E-state index contributed by atoms with van der Waals surface area (Å²) in [7, 11) is 0. The van der Waals surface area contributed by atoms with Crippen molar-refractivity contribution in [1.29, 1.82) is 0 Å². The molecule has 2 heteroatoms. The van der Waals surface area contributed by atoms with E-state index in [9.17, 15) is 0 Å². The van der Waals surface area contributed by atoms with E-state index in [4.69, 9.17) is 0 Å². The second kappa shape index (κ2) is 2.58. The average Bonchev–Trinajstić information content (AvgIpc) is 2.33. The van der Waals surface area contributed by atoms with Crippen LogP contribution in [0, 0.1) is 0 Å². The lowest BCUT2D eigenvalue weighted by atomic mass is 10.3. The Labute approximate surface area is 55.0 Å². The van der Waals surface area contributed by atoms with Gasteiger partial charge in [0.05, 0.1) is 11.4 Å². The van der Waals surface area contributed by atoms with Crippen LogP contribution in [0.3, 0.4) is 0 Å². The second-order valence-corrected chi connectivity index (χ2v) is 2.06. The standard InChI is InChI=1S/C7H10N2/c1-8-6-4-3-5-7(6)9-2/h1-5H2. The molecule has 48 valence electrons. The van der Waals surface area contributed by atoms with E-state index < -0.39 is 0 Å². The van der Waals surface area contributed by atoms with Gasteiger partial charge in [-0.3, -0.25) is 9.98 Å². The highest BCUT2D eigenvalue weighted by atomic mass is 14.8. The molecule has 0 amide bonds. The summed E-state index contributed by atoms with van der Waals surface area (Å²) >= 11 is 0. The zero-order chi connectivity index (χ0) is 6.69. The van der Waals surface area contributed by atoms with Crippen LogP contribution >= 0.6 is 0 Å². The minimum Gasteiger partial charge on any atom is -0.267 e. The summed E-state index contributed by atoms with van der Waals surface area (Å²) in [6.07, 6.45) is 3.21. The van der Waals surface area contributed by atoms with Gasteiger partial charge in [-0.2, -0.15) is 0 Å². The van der Waals surface area contributed by atoms with Crippen LogP contribution in [0.5, 0.6) is 0 Å². The lowest BCUT2D eigenvalue weighted by Crippen LogP contribution is -1.72. The van der Waals surface area contributed by atoms with E-state index in [0.717, 1.165) is 30.7 Å². The lowest BCUT2D eigenvalue weighted by molar-refractivity contribution is 0.887. The van der Waals surface area contributed by atoms with Gasteiger partial charge in [0.15, 0.2) is 0 Å². The molecule has 9 heavy (non-hydrogen) atoms. The third-order valence-electron chi connectivity index (χ3n) is 1.54. The van der Waals surface area contributed by atoms with Crippen LogP contribution in [0.4, 0.5) is 0 Å². The van der Waals surface area contributed by atoms with Crippen molar-refractivity contribution in [2.75, 3.05) is 0 Å².